The van der Waals surface area contributed by atoms with E-state index >= 15 is 0 Å². The Kier molecular flexibility index (Phi) is 5.31. The van der Waals surface area contributed by atoms with Gasteiger partial charge in [-0.25, -0.2) is 14.6 Å². The predicted molar refractivity (Wildman–Crippen MR) is 124 cm³/mol. The molecule has 164 valence electrons. The third-order valence-corrected chi connectivity index (χ3v) is 6.41. The Hall–Kier alpha value is -4.11. The van der Waals surface area contributed by atoms with Crippen molar-refractivity contribution in [3.8, 4) is 21.7 Å². The van der Waals surface area contributed by atoms with Crippen LogP contribution in [0.4, 0.5) is 9.93 Å². The van der Waals surface area contributed by atoms with E-state index in [1.54, 1.807) is 19.1 Å². The van der Waals surface area contributed by atoms with Crippen LogP contribution in [0.15, 0.2) is 60.7 Å². The van der Waals surface area contributed by atoms with Gasteiger partial charge in [-0.1, -0.05) is 59.9 Å². The fraction of sp³-hybridized carbons (Fsp3) is 0.125. The van der Waals surface area contributed by atoms with Crippen molar-refractivity contribution in [3.05, 3.63) is 83.2 Å². The van der Waals surface area contributed by atoms with Crippen molar-refractivity contribution in [2.45, 2.75) is 12.8 Å². The molecule has 8 nitrogen and oxygen atoms in total. The minimum atomic E-state index is -1.22. The molecule has 1 amide bonds. The van der Waals surface area contributed by atoms with E-state index in [0.717, 1.165) is 33.6 Å². The number of carbonyl (C=O) groups is 2. The molecule has 9 heteroatoms. The maximum atomic E-state index is 12.5. The molecule has 1 aliphatic rings. The molecule has 0 spiro atoms. The van der Waals surface area contributed by atoms with Gasteiger partial charge in [0.2, 0.25) is 0 Å². The summed E-state index contributed by atoms with van der Waals surface area (Å²) in [6.45, 7) is 1.93. The second kappa shape index (κ2) is 8.44. The fourth-order valence-electron chi connectivity index (χ4n) is 3.93. The zero-order chi connectivity index (χ0) is 22.9. The summed E-state index contributed by atoms with van der Waals surface area (Å²) in [6.07, 6.45) is -0.705. The highest BCUT2D eigenvalue weighted by molar-refractivity contribution is 7.19. The smallest absolute Gasteiger partial charge is 0.413 e. The lowest BCUT2D eigenvalue weighted by atomic mass is 9.98. The van der Waals surface area contributed by atoms with Crippen molar-refractivity contribution in [2.75, 3.05) is 11.9 Å². The number of ether oxygens (including phenoxy) is 1. The van der Waals surface area contributed by atoms with Crippen molar-refractivity contribution in [2.24, 2.45) is 0 Å². The van der Waals surface area contributed by atoms with Gasteiger partial charge in [0.15, 0.2) is 10.8 Å². The van der Waals surface area contributed by atoms with Gasteiger partial charge >= 0.3 is 12.1 Å². The number of nitrogens with one attached hydrogen (secondary N) is 1. The molecule has 0 bridgehead atoms. The predicted octanol–water partition coefficient (Wildman–Crippen LogP) is 4.97. The number of carboxylic acids is 1. The third kappa shape index (κ3) is 3.94. The van der Waals surface area contributed by atoms with Crippen molar-refractivity contribution in [1.29, 1.82) is 0 Å². The second-order valence-corrected chi connectivity index (χ2v) is 8.51. The molecule has 0 fully saturated rings. The molecule has 0 atom stereocenters. The number of hydrogen-bond acceptors (Lipinski definition) is 7. The second-order valence-electron chi connectivity index (χ2n) is 7.51. The molecule has 2 aromatic carbocycles. The Morgan fingerprint density at radius 3 is 2.27 bits per heavy atom. The number of thiazole rings is 1. The van der Waals surface area contributed by atoms with Gasteiger partial charge in [-0.3, -0.25) is 5.32 Å². The first kappa shape index (κ1) is 20.8. The van der Waals surface area contributed by atoms with E-state index in [0.29, 0.717) is 16.3 Å². The summed E-state index contributed by atoms with van der Waals surface area (Å²) >= 11 is 1.00. The summed E-state index contributed by atoms with van der Waals surface area (Å²) in [7, 11) is 0. The van der Waals surface area contributed by atoms with Crippen LogP contribution in [0.2, 0.25) is 0 Å². The first-order valence-electron chi connectivity index (χ1n) is 10.2. The number of aryl methyl sites for hydroxylation is 1. The van der Waals surface area contributed by atoms with Gasteiger partial charge in [-0.05, 0) is 41.3 Å². The van der Waals surface area contributed by atoms with Crippen molar-refractivity contribution in [1.82, 2.24) is 15.2 Å². The molecule has 33 heavy (non-hydrogen) atoms. The van der Waals surface area contributed by atoms with Gasteiger partial charge in [0.1, 0.15) is 12.3 Å². The molecule has 0 radical (unpaired) electrons. The van der Waals surface area contributed by atoms with Gasteiger partial charge in [0, 0.05) is 5.92 Å². The average molecular weight is 458 g/mol. The number of carboxylic acid groups (broad SMARTS) is 1. The van der Waals surface area contributed by atoms with E-state index in [4.69, 9.17) is 4.74 Å². The molecule has 2 aromatic heterocycles. The van der Waals surface area contributed by atoms with Crippen LogP contribution in [-0.2, 0) is 4.74 Å². The Labute approximate surface area is 192 Å². The topological polar surface area (TPSA) is 114 Å². The maximum Gasteiger partial charge on any atom is 0.413 e. The molecule has 0 saturated carbocycles. The quantitative estimate of drug-likeness (QED) is 0.434. The zero-order valence-electron chi connectivity index (χ0n) is 17.5. The largest absolute Gasteiger partial charge is 0.476 e. The van der Waals surface area contributed by atoms with Crippen LogP contribution in [-0.4, -0.2) is 39.0 Å². The van der Waals surface area contributed by atoms with E-state index in [1.807, 2.05) is 36.4 Å². The van der Waals surface area contributed by atoms with E-state index in [-0.39, 0.29) is 23.4 Å². The molecule has 0 aliphatic heterocycles. The Balaban J connectivity index is 1.33. The number of hydrogen-bond donors (Lipinski definition) is 2. The van der Waals surface area contributed by atoms with E-state index in [1.165, 1.54) is 0 Å². The number of amides is 1. The first-order valence-corrected chi connectivity index (χ1v) is 11.0. The maximum absolute atomic E-state index is 12.5. The SMILES string of the molecule is Cc1ccc(-c2sc(NC(=O)OCC3c4ccccc4-c4ccccc43)nc2C(=O)O)nn1. The highest BCUT2D eigenvalue weighted by atomic mass is 32.1. The molecular formula is C24H18N4O4S. The van der Waals surface area contributed by atoms with E-state index in [9.17, 15) is 14.7 Å². The molecular weight excluding hydrogens is 440 g/mol. The highest BCUT2D eigenvalue weighted by Crippen LogP contribution is 2.44. The van der Waals surface area contributed by atoms with Crippen LogP contribution in [0, 0.1) is 6.92 Å². The monoisotopic (exact) mass is 458 g/mol. The van der Waals surface area contributed by atoms with Crippen LogP contribution in [0.1, 0.15) is 33.2 Å². The third-order valence-electron chi connectivity index (χ3n) is 5.41. The lowest BCUT2D eigenvalue weighted by Gasteiger charge is -2.14. The van der Waals surface area contributed by atoms with Crippen LogP contribution < -0.4 is 5.32 Å². The van der Waals surface area contributed by atoms with Gasteiger partial charge in [0.25, 0.3) is 0 Å². The minimum absolute atomic E-state index is 0.0765. The Bertz CT molecular complexity index is 1320. The highest BCUT2D eigenvalue weighted by Gasteiger charge is 2.29. The summed E-state index contributed by atoms with van der Waals surface area (Å²) in [4.78, 5) is 28.5. The van der Waals surface area contributed by atoms with Crippen molar-refractivity contribution < 1.29 is 19.4 Å². The number of anilines is 1. The Morgan fingerprint density at radius 2 is 1.67 bits per heavy atom. The standard InChI is InChI=1S/C24H18N4O4S/c1-13-10-11-19(28-27-13)21-20(22(29)30)25-23(33-21)26-24(31)32-12-18-16-8-4-2-6-14(16)15-7-3-5-9-17(15)18/h2-11,18H,12H2,1H3,(H,29,30)(H,25,26,31). The fourth-order valence-corrected chi connectivity index (χ4v) is 4.84. The lowest BCUT2D eigenvalue weighted by Crippen LogP contribution is -2.18. The number of aromatic carboxylic acids is 1. The van der Waals surface area contributed by atoms with E-state index in [2.05, 4.69) is 32.6 Å². The molecule has 2 N–H and O–H groups in total. The number of nitrogens with zero attached hydrogens (tertiary/aromatic N) is 3. The van der Waals surface area contributed by atoms with Gasteiger partial charge in [0.05, 0.1) is 10.6 Å². The zero-order valence-corrected chi connectivity index (χ0v) is 18.3. The van der Waals surface area contributed by atoms with Gasteiger partial charge in [-0.2, -0.15) is 5.10 Å². The molecule has 0 unspecified atom stereocenters. The molecule has 4 aromatic rings. The van der Waals surface area contributed by atoms with Crippen LogP contribution in [0.25, 0.3) is 21.7 Å². The summed E-state index contributed by atoms with van der Waals surface area (Å²) in [5, 5.41) is 20.2. The van der Waals surface area contributed by atoms with Gasteiger partial charge < -0.3 is 9.84 Å². The first-order chi connectivity index (χ1) is 16.0. The van der Waals surface area contributed by atoms with E-state index < -0.39 is 12.1 Å². The van der Waals surface area contributed by atoms with Crippen molar-refractivity contribution >= 4 is 28.5 Å². The summed E-state index contributed by atoms with van der Waals surface area (Å²) in [5.74, 6) is -1.29. The number of carbonyl (C=O) groups excluding carboxylic acids is 1. The van der Waals surface area contributed by atoms with Crippen LogP contribution in [0.3, 0.4) is 0 Å². The number of aromatic nitrogens is 3. The molecule has 2 heterocycles. The lowest BCUT2D eigenvalue weighted by molar-refractivity contribution is 0.0692. The van der Waals surface area contributed by atoms with Crippen LogP contribution >= 0.6 is 11.3 Å². The van der Waals surface area contributed by atoms with Gasteiger partial charge in [-0.15, -0.1) is 5.10 Å². The summed E-state index contributed by atoms with van der Waals surface area (Å²) in [5.41, 5.74) is 5.36. The Morgan fingerprint density at radius 1 is 1.00 bits per heavy atom. The number of fused-ring (bicyclic) bond motifs is 3. The minimum Gasteiger partial charge on any atom is -0.476 e. The normalized spacial score (nSPS) is 12.2. The molecule has 1 aliphatic carbocycles. The number of rotatable bonds is 5. The average Bonchev–Trinajstić information content (AvgIpc) is 3.38. The molecule has 0 saturated heterocycles. The summed E-state index contributed by atoms with van der Waals surface area (Å²) < 4.78 is 5.52. The molecule has 5 rings (SSSR count). The summed E-state index contributed by atoms with van der Waals surface area (Å²) in [6, 6.07) is 19.5. The van der Waals surface area contributed by atoms with Crippen LogP contribution in [0.5, 0.6) is 0 Å². The van der Waals surface area contributed by atoms with Crippen molar-refractivity contribution in [3.63, 3.8) is 0 Å². The number of benzene rings is 2.